The maximum atomic E-state index is 12.8. The highest BCUT2D eigenvalue weighted by Gasteiger charge is 2.42. The summed E-state index contributed by atoms with van der Waals surface area (Å²) in [7, 11) is 0. The Morgan fingerprint density at radius 1 is 1.12 bits per heavy atom. The van der Waals surface area contributed by atoms with Crippen LogP contribution in [0.1, 0.15) is 52.9 Å². The predicted octanol–water partition coefficient (Wildman–Crippen LogP) is 4.73. The van der Waals surface area contributed by atoms with Crippen LogP contribution in [0.3, 0.4) is 0 Å². The number of fused-ring (bicyclic) bond motifs is 1. The number of hydrogen-bond acceptors (Lipinski definition) is 3. The quantitative estimate of drug-likeness (QED) is 0.614. The van der Waals surface area contributed by atoms with Crippen LogP contribution in [0.5, 0.6) is 0 Å². The number of benzene rings is 2. The summed E-state index contributed by atoms with van der Waals surface area (Å²) in [4.78, 5) is 18.7. The Bertz CT molecular complexity index is 1100. The Kier molecular flexibility index (Phi) is 5.78. The van der Waals surface area contributed by atoms with Gasteiger partial charge in [0.15, 0.2) is 0 Å². The third-order valence-corrected chi connectivity index (χ3v) is 7.42. The number of hydrogen-bond donors (Lipinski definition) is 2. The van der Waals surface area contributed by atoms with E-state index in [1.54, 1.807) is 0 Å². The second-order valence-electron chi connectivity index (χ2n) is 9.57. The molecule has 0 aliphatic carbocycles. The smallest absolute Gasteiger partial charge is 0.251 e. The topological polar surface area (TPSA) is 57.4 Å². The molecule has 2 fully saturated rings. The molecule has 0 radical (unpaired) electrons. The fraction of sp³-hybridized carbons (Fsp3) is 0.444. The van der Waals surface area contributed by atoms with Gasteiger partial charge < -0.3 is 15.0 Å². The molecule has 5 rings (SSSR count). The summed E-state index contributed by atoms with van der Waals surface area (Å²) in [6.07, 6.45) is 4.38. The summed E-state index contributed by atoms with van der Waals surface area (Å²) in [6, 6.07) is 16.6. The van der Waals surface area contributed by atoms with Crippen LogP contribution in [0, 0.1) is 13.8 Å². The van der Waals surface area contributed by atoms with E-state index >= 15 is 0 Å². The molecule has 168 valence electrons. The number of carbonyl (C=O) groups excluding carboxylic acids is 1. The number of aromatic nitrogens is 1. The van der Waals surface area contributed by atoms with Crippen LogP contribution >= 0.6 is 0 Å². The van der Waals surface area contributed by atoms with Gasteiger partial charge in [0.2, 0.25) is 0 Å². The molecular formula is C27H33N3O2. The van der Waals surface area contributed by atoms with Gasteiger partial charge in [-0.05, 0) is 68.9 Å². The van der Waals surface area contributed by atoms with Crippen molar-refractivity contribution in [2.75, 3.05) is 19.6 Å². The first-order valence-corrected chi connectivity index (χ1v) is 11.8. The number of aryl methyl sites for hydroxylation is 2. The molecule has 1 atom stereocenters. The average Bonchev–Trinajstić information content (AvgIpc) is 3.34. The molecule has 2 saturated heterocycles. The highest BCUT2D eigenvalue weighted by atomic mass is 16.5. The first kappa shape index (κ1) is 21.2. The third kappa shape index (κ3) is 4.32. The number of likely N-dealkylation sites (tertiary alicyclic amines) is 1. The first-order chi connectivity index (χ1) is 15.5. The molecule has 1 spiro atoms. The maximum absolute atomic E-state index is 12.8. The molecule has 0 saturated carbocycles. The fourth-order valence-corrected chi connectivity index (χ4v) is 5.28. The van der Waals surface area contributed by atoms with Crippen molar-refractivity contribution in [2.45, 2.75) is 57.8 Å². The van der Waals surface area contributed by atoms with Gasteiger partial charge in [-0.3, -0.25) is 9.69 Å². The van der Waals surface area contributed by atoms with Gasteiger partial charge in [0.1, 0.15) is 0 Å². The summed E-state index contributed by atoms with van der Waals surface area (Å²) in [6.45, 7) is 7.90. The molecule has 5 nitrogen and oxygen atoms in total. The lowest BCUT2D eigenvalue weighted by Gasteiger charge is -2.39. The molecule has 32 heavy (non-hydrogen) atoms. The van der Waals surface area contributed by atoms with Gasteiger partial charge in [-0.15, -0.1) is 0 Å². The van der Waals surface area contributed by atoms with E-state index in [4.69, 9.17) is 4.74 Å². The standard InChI is InChI=1S/C27H33N3O2/c1-19-20(2)29-25-9-8-22(16-24(19)25)26(31)28-17-23-10-11-27(32-23)12-14-30(15-13-27)18-21-6-4-3-5-7-21/h3-9,16,23,29H,10-15,17-18H2,1-2H3,(H,28,31). The zero-order chi connectivity index (χ0) is 22.1. The van der Waals surface area contributed by atoms with Crippen molar-refractivity contribution in [1.29, 1.82) is 0 Å². The molecule has 2 N–H and O–H groups in total. The van der Waals surface area contributed by atoms with E-state index in [9.17, 15) is 4.79 Å². The van der Waals surface area contributed by atoms with E-state index in [1.165, 1.54) is 11.1 Å². The first-order valence-electron chi connectivity index (χ1n) is 11.8. The van der Waals surface area contributed by atoms with Crippen LogP contribution in [0.4, 0.5) is 0 Å². The monoisotopic (exact) mass is 431 g/mol. The summed E-state index contributed by atoms with van der Waals surface area (Å²) in [5.74, 6) is -0.0209. The highest BCUT2D eigenvalue weighted by Crippen LogP contribution is 2.39. The molecule has 1 unspecified atom stereocenters. The number of aromatic amines is 1. The second kappa shape index (κ2) is 8.72. The molecule has 2 aliphatic rings. The van der Waals surface area contributed by atoms with E-state index < -0.39 is 0 Å². The van der Waals surface area contributed by atoms with Crippen LogP contribution in [0.25, 0.3) is 10.9 Å². The molecule has 0 bridgehead atoms. The van der Waals surface area contributed by atoms with Gasteiger partial charge in [0.25, 0.3) is 5.91 Å². The van der Waals surface area contributed by atoms with Crippen LogP contribution in [-0.4, -0.2) is 47.1 Å². The normalized spacial score (nSPS) is 20.8. The number of H-pyrrole nitrogens is 1. The fourth-order valence-electron chi connectivity index (χ4n) is 5.28. The minimum atomic E-state index is -0.0209. The number of piperidine rings is 1. The number of amides is 1. The number of nitrogens with one attached hydrogen (secondary N) is 2. The van der Waals surface area contributed by atoms with Crippen LogP contribution in [0.15, 0.2) is 48.5 Å². The summed E-state index contributed by atoms with van der Waals surface area (Å²) in [5, 5.41) is 4.23. The summed E-state index contributed by atoms with van der Waals surface area (Å²) in [5.41, 5.74) is 5.52. The minimum Gasteiger partial charge on any atom is -0.370 e. The zero-order valence-corrected chi connectivity index (χ0v) is 19.1. The van der Waals surface area contributed by atoms with Crippen LogP contribution in [-0.2, 0) is 11.3 Å². The lowest BCUT2D eigenvalue weighted by molar-refractivity contribution is -0.0764. The lowest BCUT2D eigenvalue weighted by atomic mass is 9.88. The van der Waals surface area contributed by atoms with Crippen molar-refractivity contribution < 1.29 is 9.53 Å². The molecule has 1 aromatic heterocycles. The molecule has 2 aromatic carbocycles. The maximum Gasteiger partial charge on any atom is 0.251 e. The van der Waals surface area contributed by atoms with Crippen molar-refractivity contribution in [2.24, 2.45) is 0 Å². The number of ether oxygens (including phenoxy) is 1. The Morgan fingerprint density at radius 3 is 2.69 bits per heavy atom. The predicted molar refractivity (Wildman–Crippen MR) is 128 cm³/mol. The summed E-state index contributed by atoms with van der Waals surface area (Å²) < 4.78 is 6.52. The van der Waals surface area contributed by atoms with Gasteiger partial charge in [-0.2, -0.15) is 0 Å². The van der Waals surface area contributed by atoms with E-state index in [1.807, 2.05) is 18.2 Å². The van der Waals surface area contributed by atoms with E-state index in [2.05, 4.69) is 59.4 Å². The molecule has 3 aromatic rings. The number of rotatable bonds is 5. The number of carbonyl (C=O) groups is 1. The van der Waals surface area contributed by atoms with E-state index in [0.717, 1.165) is 61.9 Å². The molecular weight excluding hydrogens is 398 g/mol. The zero-order valence-electron chi connectivity index (χ0n) is 19.1. The van der Waals surface area contributed by atoms with Crippen molar-refractivity contribution in [1.82, 2.24) is 15.2 Å². The van der Waals surface area contributed by atoms with Crippen molar-refractivity contribution in [3.8, 4) is 0 Å². The highest BCUT2D eigenvalue weighted by molar-refractivity contribution is 5.99. The van der Waals surface area contributed by atoms with E-state index in [-0.39, 0.29) is 17.6 Å². The molecule has 3 heterocycles. The Balaban J connectivity index is 1.12. The lowest BCUT2D eigenvalue weighted by Crippen LogP contribution is -2.44. The van der Waals surface area contributed by atoms with Crippen LogP contribution < -0.4 is 5.32 Å². The van der Waals surface area contributed by atoms with Gasteiger partial charge in [0.05, 0.1) is 11.7 Å². The number of nitrogens with zero attached hydrogens (tertiary/aromatic N) is 1. The SMILES string of the molecule is Cc1[nH]c2ccc(C(=O)NCC3CCC4(CCN(Cc5ccccc5)CC4)O3)cc2c1C. The second-order valence-corrected chi connectivity index (χ2v) is 9.57. The van der Waals surface area contributed by atoms with Crippen LogP contribution in [0.2, 0.25) is 0 Å². The minimum absolute atomic E-state index is 0.00125. The Labute approximate surface area is 190 Å². The third-order valence-electron chi connectivity index (χ3n) is 7.42. The van der Waals surface area contributed by atoms with Gasteiger partial charge in [0, 0.05) is 48.3 Å². The Hall–Kier alpha value is -2.63. The Morgan fingerprint density at radius 2 is 1.91 bits per heavy atom. The molecule has 2 aliphatic heterocycles. The molecule has 5 heteroatoms. The van der Waals surface area contributed by atoms with Gasteiger partial charge in [-0.1, -0.05) is 30.3 Å². The summed E-state index contributed by atoms with van der Waals surface area (Å²) >= 11 is 0. The van der Waals surface area contributed by atoms with Crippen molar-refractivity contribution in [3.05, 3.63) is 70.9 Å². The van der Waals surface area contributed by atoms with E-state index in [0.29, 0.717) is 12.1 Å². The molecule has 1 amide bonds. The van der Waals surface area contributed by atoms with Gasteiger partial charge >= 0.3 is 0 Å². The van der Waals surface area contributed by atoms with Crippen molar-refractivity contribution in [3.63, 3.8) is 0 Å². The van der Waals surface area contributed by atoms with Gasteiger partial charge in [-0.25, -0.2) is 0 Å². The van der Waals surface area contributed by atoms with Crippen molar-refractivity contribution >= 4 is 16.8 Å². The largest absolute Gasteiger partial charge is 0.370 e. The average molecular weight is 432 g/mol.